The molecule has 1 aliphatic rings. The number of likely N-dealkylation sites (N-methyl/N-ethyl adjacent to an activating group) is 1. The second-order valence-electron chi connectivity index (χ2n) is 6.94. The average Bonchev–Trinajstić information content (AvgIpc) is 3.16. The van der Waals surface area contributed by atoms with Crippen LogP contribution in [-0.2, 0) is 6.54 Å². The Kier molecular flexibility index (Phi) is 6.85. The molecule has 0 saturated carbocycles. The minimum absolute atomic E-state index is 0.118. The van der Waals surface area contributed by atoms with Crippen LogP contribution < -0.4 is 15.4 Å². The SMILES string of the molecule is CCN1CCCC1CNCc1cccc(NC(=O)c2ccc(OC)cc2)c1. The van der Waals surface area contributed by atoms with Crippen LogP contribution in [0.5, 0.6) is 5.75 Å². The molecule has 1 saturated heterocycles. The lowest BCUT2D eigenvalue weighted by molar-refractivity contribution is 0.102. The van der Waals surface area contributed by atoms with Gasteiger partial charge in [0.1, 0.15) is 5.75 Å². The maximum Gasteiger partial charge on any atom is 0.255 e. The Morgan fingerprint density at radius 3 is 2.78 bits per heavy atom. The molecular weight excluding hydrogens is 338 g/mol. The van der Waals surface area contributed by atoms with Crippen LogP contribution in [0.15, 0.2) is 48.5 Å². The van der Waals surface area contributed by atoms with Gasteiger partial charge in [0.2, 0.25) is 0 Å². The van der Waals surface area contributed by atoms with Gasteiger partial charge in [0.15, 0.2) is 0 Å². The number of rotatable bonds is 8. The molecule has 1 aliphatic heterocycles. The van der Waals surface area contributed by atoms with E-state index < -0.39 is 0 Å². The number of hydrogen-bond acceptors (Lipinski definition) is 4. The van der Waals surface area contributed by atoms with Gasteiger partial charge in [-0.25, -0.2) is 0 Å². The maximum absolute atomic E-state index is 12.4. The topological polar surface area (TPSA) is 53.6 Å². The van der Waals surface area contributed by atoms with Crippen molar-refractivity contribution < 1.29 is 9.53 Å². The number of amides is 1. The van der Waals surface area contributed by atoms with E-state index in [-0.39, 0.29) is 5.91 Å². The predicted octanol–water partition coefficient (Wildman–Crippen LogP) is 3.52. The maximum atomic E-state index is 12.4. The molecule has 1 amide bonds. The van der Waals surface area contributed by atoms with Crippen molar-refractivity contribution in [2.75, 3.05) is 32.1 Å². The Morgan fingerprint density at radius 1 is 1.22 bits per heavy atom. The first kappa shape index (κ1) is 19.4. The molecule has 0 aromatic heterocycles. The largest absolute Gasteiger partial charge is 0.497 e. The highest BCUT2D eigenvalue weighted by Gasteiger charge is 2.22. The van der Waals surface area contributed by atoms with E-state index in [0.29, 0.717) is 11.6 Å². The summed E-state index contributed by atoms with van der Waals surface area (Å²) in [6.07, 6.45) is 2.58. The molecule has 5 heteroatoms. The highest BCUT2D eigenvalue weighted by Crippen LogP contribution is 2.17. The first-order valence-corrected chi connectivity index (χ1v) is 9.68. The molecule has 0 aliphatic carbocycles. The van der Waals surface area contributed by atoms with Crippen molar-refractivity contribution in [3.8, 4) is 5.75 Å². The summed E-state index contributed by atoms with van der Waals surface area (Å²) in [5.41, 5.74) is 2.59. The Hall–Kier alpha value is -2.37. The van der Waals surface area contributed by atoms with Crippen LogP contribution in [0, 0.1) is 0 Å². The third-order valence-electron chi connectivity index (χ3n) is 5.15. The number of anilines is 1. The molecule has 27 heavy (non-hydrogen) atoms. The van der Waals surface area contributed by atoms with Crippen LogP contribution in [0.3, 0.4) is 0 Å². The van der Waals surface area contributed by atoms with Gasteiger partial charge in [-0.1, -0.05) is 19.1 Å². The molecule has 0 spiro atoms. The number of hydrogen-bond donors (Lipinski definition) is 2. The summed E-state index contributed by atoms with van der Waals surface area (Å²) in [5, 5.41) is 6.53. The molecule has 3 rings (SSSR count). The van der Waals surface area contributed by atoms with Gasteiger partial charge in [0, 0.05) is 30.4 Å². The smallest absolute Gasteiger partial charge is 0.255 e. The van der Waals surface area contributed by atoms with Gasteiger partial charge in [-0.05, 0) is 67.9 Å². The zero-order valence-electron chi connectivity index (χ0n) is 16.2. The van der Waals surface area contributed by atoms with Crippen LogP contribution in [0.2, 0.25) is 0 Å². The van der Waals surface area contributed by atoms with Crippen molar-refractivity contribution in [3.05, 3.63) is 59.7 Å². The van der Waals surface area contributed by atoms with E-state index in [9.17, 15) is 4.79 Å². The molecule has 1 unspecified atom stereocenters. The molecule has 1 atom stereocenters. The van der Waals surface area contributed by atoms with Crippen molar-refractivity contribution in [3.63, 3.8) is 0 Å². The first-order valence-electron chi connectivity index (χ1n) is 9.68. The lowest BCUT2D eigenvalue weighted by atomic mass is 10.1. The molecule has 2 aromatic carbocycles. The third kappa shape index (κ3) is 5.31. The van der Waals surface area contributed by atoms with Gasteiger partial charge >= 0.3 is 0 Å². The van der Waals surface area contributed by atoms with E-state index in [1.807, 2.05) is 18.2 Å². The van der Waals surface area contributed by atoms with E-state index in [0.717, 1.165) is 31.1 Å². The standard InChI is InChI=1S/C22H29N3O2/c1-3-25-13-5-8-20(25)16-23-15-17-6-4-7-19(14-17)24-22(26)18-9-11-21(27-2)12-10-18/h4,6-7,9-12,14,20,23H,3,5,8,13,15-16H2,1-2H3,(H,24,26). The molecular formula is C22H29N3O2. The van der Waals surface area contributed by atoms with Crippen LogP contribution >= 0.6 is 0 Å². The van der Waals surface area contributed by atoms with Gasteiger partial charge < -0.3 is 15.4 Å². The number of carbonyl (C=O) groups excluding carboxylic acids is 1. The van der Waals surface area contributed by atoms with Crippen molar-refractivity contribution in [1.82, 2.24) is 10.2 Å². The second-order valence-corrected chi connectivity index (χ2v) is 6.94. The number of ether oxygens (including phenoxy) is 1. The lowest BCUT2D eigenvalue weighted by Crippen LogP contribution is -2.37. The molecule has 0 radical (unpaired) electrons. The van der Waals surface area contributed by atoms with Crippen LogP contribution in [0.1, 0.15) is 35.7 Å². The summed E-state index contributed by atoms with van der Waals surface area (Å²) in [6.45, 7) is 6.39. The molecule has 1 heterocycles. The minimum atomic E-state index is -0.118. The molecule has 5 nitrogen and oxygen atoms in total. The van der Waals surface area contributed by atoms with Crippen LogP contribution in [-0.4, -0.2) is 43.6 Å². The summed E-state index contributed by atoms with van der Waals surface area (Å²) < 4.78 is 5.13. The Morgan fingerprint density at radius 2 is 2.04 bits per heavy atom. The molecule has 144 valence electrons. The summed E-state index contributed by atoms with van der Waals surface area (Å²) >= 11 is 0. The quantitative estimate of drug-likeness (QED) is 0.750. The molecule has 1 fully saturated rings. The summed E-state index contributed by atoms with van der Waals surface area (Å²) in [5.74, 6) is 0.621. The number of likely N-dealkylation sites (tertiary alicyclic amines) is 1. The van der Waals surface area contributed by atoms with Crippen LogP contribution in [0.4, 0.5) is 5.69 Å². The predicted molar refractivity (Wildman–Crippen MR) is 109 cm³/mol. The van der Waals surface area contributed by atoms with Gasteiger partial charge in [-0.2, -0.15) is 0 Å². The summed E-state index contributed by atoms with van der Waals surface area (Å²) in [4.78, 5) is 14.9. The van der Waals surface area contributed by atoms with Crippen molar-refractivity contribution >= 4 is 11.6 Å². The van der Waals surface area contributed by atoms with E-state index >= 15 is 0 Å². The molecule has 2 N–H and O–H groups in total. The third-order valence-corrected chi connectivity index (χ3v) is 5.15. The van der Waals surface area contributed by atoms with Crippen molar-refractivity contribution in [1.29, 1.82) is 0 Å². The number of carbonyl (C=O) groups is 1. The van der Waals surface area contributed by atoms with Crippen molar-refractivity contribution in [2.45, 2.75) is 32.4 Å². The van der Waals surface area contributed by atoms with Gasteiger partial charge in [0.25, 0.3) is 5.91 Å². The lowest BCUT2D eigenvalue weighted by Gasteiger charge is -2.23. The van der Waals surface area contributed by atoms with E-state index in [1.54, 1.807) is 31.4 Å². The monoisotopic (exact) mass is 367 g/mol. The number of benzene rings is 2. The Bertz CT molecular complexity index is 745. The Labute approximate surface area is 161 Å². The fourth-order valence-electron chi connectivity index (χ4n) is 3.63. The summed E-state index contributed by atoms with van der Waals surface area (Å²) in [7, 11) is 1.61. The van der Waals surface area contributed by atoms with Gasteiger partial charge in [-0.3, -0.25) is 9.69 Å². The fraction of sp³-hybridized carbons (Fsp3) is 0.409. The zero-order valence-corrected chi connectivity index (χ0v) is 16.2. The summed E-state index contributed by atoms with van der Waals surface area (Å²) in [6, 6.07) is 15.8. The normalized spacial score (nSPS) is 17.0. The van der Waals surface area contributed by atoms with Gasteiger partial charge in [-0.15, -0.1) is 0 Å². The second kappa shape index (κ2) is 9.53. The van der Waals surface area contributed by atoms with Gasteiger partial charge in [0.05, 0.1) is 7.11 Å². The highest BCUT2D eigenvalue weighted by atomic mass is 16.5. The van der Waals surface area contributed by atoms with Crippen LogP contribution in [0.25, 0.3) is 0 Å². The molecule has 0 bridgehead atoms. The fourth-order valence-corrected chi connectivity index (χ4v) is 3.63. The zero-order chi connectivity index (χ0) is 19.1. The van der Waals surface area contributed by atoms with E-state index in [2.05, 4.69) is 28.5 Å². The number of methoxy groups -OCH3 is 1. The minimum Gasteiger partial charge on any atom is -0.497 e. The Balaban J connectivity index is 1.52. The van der Waals surface area contributed by atoms with Crippen molar-refractivity contribution in [2.24, 2.45) is 0 Å². The van der Waals surface area contributed by atoms with E-state index in [1.165, 1.54) is 24.9 Å². The average molecular weight is 367 g/mol. The number of nitrogens with zero attached hydrogens (tertiary/aromatic N) is 1. The van der Waals surface area contributed by atoms with E-state index in [4.69, 9.17) is 4.74 Å². The highest BCUT2D eigenvalue weighted by molar-refractivity contribution is 6.04. The first-order chi connectivity index (χ1) is 13.2. The molecule has 2 aromatic rings. The number of nitrogens with one attached hydrogen (secondary N) is 2.